The lowest BCUT2D eigenvalue weighted by Gasteiger charge is -2.41. The van der Waals surface area contributed by atoms with Crippen LogP contribution in [0.2, 0.25) is 0 Å². The Hall–Kier alpha value is -1.48. The molecule has 2 aromatic rings. The van der Waals surface area contributed by atoms with Crippen molar-refractivity contribution in [2.24, 2.45) is 5.92 Å². The number of piperidine rings is 1. The Morgan fingerprint density at radius 1 is 1.44 bits per heavy atom. The molecule has 4 nitrogen and oxygen atoms in total. The molecular formula is C16H19F4N3OS. The maximum Gasteiger partial charge on any atom is 0.573 e. The van der Waals surface area contributed by atoms with Crippen LogP contribution in [0.15, 0.2) is 12.1 Å². The molecule has 1 unspecified atom stereocenters. The van der Waals surface area contributed by atoms with Gasteiger partial charge in [0.2, 0.25) is 0 Å². The van der Waals surface area contributed by atoms with Crippen molar-refractivity contribution in [3.05, 3.63) is 23.8 Å². The maximum atomic E-state index is 13.8. The zero-order valence-electron chi connectivity index (χ0n) is 13.8. The van der Waals surface area contributed by atoms with Gasteiger partial charge in [-0.05, 0) is 18.9 Å². The van der Waals surface area contributed by atoms with E-state index >= 15 is 0 Å². The van der Waals surface area contributed by atoms with E-state index in [4.69, 9.17) is 0 Å². The van der Waals surface area contributed by atoms with Gasteiger partial charge in [0.15, 0.2) is 11.6 Å². The summed E-state index contributed by atoms with van der Waals surface area (Å²) in [6.45, 7) is 6.45. The number of rotatable bonds is 3. The molecule has 1 aromatic carbocycles. The third-order valence-electron chi connectivity index (χ3n) is 4.71. The zero-order valence-corrected chi connectivity index (χ0v) is 14.7. The van der Waals surface area contributed by atoms with E-state index in [2.05, 4.69) is 46.1 Å². The first-order valence-electron chi connectivity index (χ1n) is 7.92. The Kier molecular flexibility index (Phi) is 4.65. The quantitative estimate of drug-likeness (QED) is 0.624. The number of likely N-dealkylation sites (tertiary alicyclic amines) is 1. The Bertz CT molecular complexity index is 775. The average molecular weight is 377 g/mol. The fraction of sp³-hybridized carbons (Fsp3) is 0.562. The molecular weight excluding hydrogens is 358 g/mol. The number of hydrogen-bond donors (Lipinski definition) is 2. The molecule has 1 saturated heterocycles. The number of alkyl halides is 3. The SMILES string of the molecule is CC1CN(Cc2nc3cc(OC(F)(F)F)c(F)cc3[nH]2)CC[C@@]1(C)S. The molecule has 1 aliphatic heterocycles. The molecule has 1 aromatic heterocycles. The van der Waals surface area contributed by atoms with Crippen LogP contribution in [0.25, 0.3) is 11.0 Å². The van der Waals surface area contributed by atoms with Gasteiger partial charge in [0.25, 0.3) is 0 Å². The Morgan fingerprint density at radius 2 is 2.16 bits per heavy atom. The van der Waals surface area contributed by atoms with Crippen LogP contribution < -0.4 is 4.74 Å². The standard InChI is InChI=1S/C16H19F4N3OS/c1-9-7-23(4-3-15(9,2)25)8-14-21-11-5-10(17)13(6-12(11)22-14)24-16(18,19)20/h5-6,9,25H,3-4,7-8H2,1-2H3,(H,21,22)/t9?,15-/m1/s1. The minimum Gasteiger partial charge on any atom is -0.403 e. The molecule has 0 aliphatic carbocycles. The predicted octanol–water partition coefficient (Wildman–Crippen LogP) is 4.13. The summed E-state index contributed by atoms with van der Waals surface area (Å²) >= 11 is 4.68. The van der Waals surface area contributed by atoms with Crippen molar-refractivity contribution in [3.8, 4) is 5.75 Å². The van der Waals surface area contributed by atoms with Crippen LogP contribution in [0.5, 0.6) is 5.75 Å². The van der Waals surface area contributed by atoms with Crippen LogP contribution in [0, 0.1) is 11.7 Å². The predicted molar refractivity (Wildman–Crippen MR) is 89.2 cm³/mol. The second kappa shape index (κ2) is 6.35. The molecule has 0 spiro atoms. The Balaban J connectivity index is 1.78. The molecule has 0 bridgehead atoms. The molecule has 2 heterocycles. The van der Waals surface area contributed by atoms with Gasteiger partial charge in [0.1, 0.15) is 5.82 Å². The number of thiol groups is 1. The first-order chi connectivity index (χ1) is 11.5. The molecule has 138 valence electrons. The third kappa shape index (κ3) is 4.20. The summed E-state index contributed by atoms with van der Waals surface area (Å²) in [4.78, 5) is 9.43. The van der Waals surface area contributed by atoms with Gasteiger partial charge in [-0.1, -0.05) is 13.8 Å². The van der Waals surface area contributed by atoms with Crippen molar-refractivity contribution in [2.75, 3.05) is 13.1 Å². The van der Waals surface area contributed by atoms with E-state index in [1.54, 1.807) is 0 Å². The van der Waals surface area contributed by atoms with E-state index in [1.165, 1.54) is 0 Å². The van der Waals surface area contributed by atoms with E-state index in [1.807, 2.05) is 0 Å². The topological polar surface area (TPSA) is 41.2 Å². The summed E-state index contributed by atoms with van der Waals surface area (Å²) in [7, 11) is 0. The van der Waals surface area contributed by atoms with Gasteiger partial charge in [-0.3, -0.25) is 4.90 Å². The minimum absolute atomic E-state index is 0.0165. The summed E-state index contributed by atoms with van der Waals surface area (Å²) < 4.78 is 54.4. The summed E-state index contributed by atoms with van der Waals surface area (Å²) in [6.07, 6.45) is -4.02. The zero-order chi connectivity index (χ0) is 18.4. The van der Waals surface area contributed by atoms with Gasteiger partial charge in [-0.15, -0.1) is 13.2 Å². The number of nitrogens with one attached hydrogen (secondary N) is 1. The van der Waals surface area contributed by atoms with Crippen LogP contribution in [-0.2, 0) is 6.54 Å². The highest BCUT2D eigenvalue weighted by Crippen LogP contribution is 2.34. The highest BCUT2D eigenvalue weighted by molar-refractivity contribution is 7.81. The van der Waals surface area contributed by atoms with Crippen molar-refractivity contribution in [2.45, 2.75) is 37.9 Å². The molecule has 0 saturated carbocycles. The number of nitrogens with zero attached hydrogens (tertiary/aromatic N) is 2. The molecule has 1 N–H and O–H groups in total. The number of hydrogen-bond acceptors (Lipinski definition) is 4. The second-order valence-corrected chi connectivity index (χ2v) is 7.80. The second-order valence-electron chi connectivity index (χ2n) is 6.77. The largest absolute Gasteiger partial charge is 0.573 e. The third-order valence-corrected chi connectivity index (χ3v) is 5.38. The van der Waals surface area contributed by atoms with E-state index in [9.17, 15) is 17.6 Å². The lowest BCUT2D eigenvalue weighted by molar-refractivity contribution is -0.275. The van der Waals surface area contributed by atoms with E-state index in [-0.39, 0.29) is 10.3 Å². The van der Waals surface area contributed by atoms with Gasteiger partial charge in [-0.25, -0.2) is 9.37 Å². The molecule has 0 amide bonds. The molecule has 0 radical (unpaired) electrons. The van der Waals surface area contributed by atoms with E-state index in [0.717, 1.165) is 31.6 Å². The molecule has 1 aliphatic rings. The van der Waals surface area contributed by atoms with Gasteiger partial charge >= 0.3 is 6.36 Å². The van der Waals surface area contributed by atoms with Crippen molar-refractivity contribution in [3.63, 3.8) is 0 Å². The monoisotopic (exact) mass is 377 g/mol. The van der Waals surface area contributed by atoms with Gasteiger partial charge in [0, 0.05) is 23.4 Å². The molecule has 9 heteroatoms. The lowest BCUT2D eigenvalue weighted by Crippen LogP contribution is -2.45. The summed E-state index contributed by atoms with van der Waals surface area (Å²) in [6, 6.07) is 1.93. The van der Waals surface area contributed by atoms with Crippen LogP contribution >= 0.6 is 12.6 Å². The molecule has 25 heavy (non-hydrogen) atoms. The van der Waals surface area contributed by atoms with Crippen LogP contribution in [-0.4, -0.2) is 39.1 Å². The van der Waals surface area contributed by atoms with Crippen molar-refractivity contribution < 1.29 is 22.3 Å². The number of imidazole rings is 1. The first-order valence-corrected chi connectivity index (χ1v) is 8.37. The van der Waals surface area contributed by atoms with Crippen molar-refractivity contribution >= 4 is 23.7 Å². The molecule has 2 atom stereocenters. The van der Waals surface area contributed by atoms with Crippen LogP contribution in [0.1, 0.15) is 26.1 Å². The minimum atomic E-state index is -4.95. The summed E-state index contributed by atoms with van der Waals surface area (Å²) in [5, 5.41) is 0. The van der Waals surface area contributed by atoms with Crippen molar-refractivity contribution in [1.82, 2.24) is 14.9 Å². The van der Waals surface area contributed by atoms with Gasteiger partial charge in [-0.2, -0.15) is 12.6 Å². The Morgan fingerprint density at radius 3 is 2.80 bits per heavy atom. The number of aromatic nitrogens is 2. The highest BCUT2D eigenvalue weighted by Gasteiger charge is 2.34. The number of ether oxygens (including phenoxy) is 1. The number of aromatic amines is 1. The first kappa shape index (κ1) is 18.3. The Labute approximate surface area is 148 Å². The van der Waals surface area contributed by atoms with E-state index in [0.29, 0.717) is 23.8 Å². The fourth-order valence-corrected chi connectivity index (χ4v) is 3.19. The summed E-state index contributed by atoms with van der Waals surface area (Å²) in [5.41, 5.74) is 0.575. The van der Waals surface area contributed by atoms with Crippen LogP contribution in [0.3, 0.4) is 0 Å². The number of benzene rings is 1. The summed E-state index contributed by atoms with van der Waals surface area (Å²) in [5.74, 6) is -1.00. The highest BCUT2D eigenvalue weighted by atomic mass is 32.1. The smallest absolute Gasteiger partial charge is 0.403 e. The molecule has 1 fully saturated rings. The van der Waals surface area contributed by atoms with E-state index < -0.39 is 17.9 Å². The number of halogens is 4. The molecule has 3 rings (SSSR count). The lowest BCUT2D eigenvalue weighted by atomic mass is 9.87. The van der Waals surface area contributed by atoms with Crippen LogP contribution in [0.4, 0.5) is 17.6 Å². The van der Waals surface area contributed by atoms with Gasteiger partial charge < -0.3 is 9.72 Å². The fourth-order valence-electron chi connectivity index (χ4n) is 3.00. The normalized spacial score (nSPS) is 25.5. The van der Waals surface area contributed by atoms with Gasteiger partial charge in [0.05, 0.1) is 17.6 Å². The van der Waals surface area contributed by atoms with Crippen molar-refractivity contribution in [1.29, 1.82) is 0 Å². The maximum absolute atomic E-state index is 13.8. The number of fused-ring (bicyclic) bond motifs is 1. The average Bonchev–Trinajstić information content (AvgIpc) is 2.83. The number of H-pyrrole nitrogens is 1.